The summed E-state index contributed by atoms with van der Waals surface area (Å²) in [5.41, 5.74) is 0.774. The zero-order valence-corrected chi connectivity index (χ0v) is 17.2. The number of ether oxygens (including phenoxy) is 4. The minimum Gasteiger partial charge on any atom is -0.487 e. The topological polar surface area (TPSA) is 86.3 Å². The highest BCUT2D eigenvalue weighted by molar-refractivity contribution is 5.92. The molecule has 0 saturated carbocycles. The molecular formula is C20H28N4O5. The van der Waals surface area contributed by atoms with E-state index < -0.39 is 0 Å². The molecule has 2 aromatic rings. The van der Waals surface area contributed by atoms with Gasteiger partial charge in [0.05, 0.1) is 18.7 Å². The summed E-state index contributed by atoms with van der Waals surface area (Å²) in [4.78, 5) is 24.6. The number of anilines is 1. The summed E-state index contributed by atoms with van der Waals surface area (Å²) >= 11 is 0. The molecule has 0 N–H and O–H groups in total. The molecule has 0 bridgehead atoms. The molecule has 9 heteroatoms. The Labute approximate surface area is 170 Å². The van der Waals surface area contributed by atoms with Crippen LogP contribution in [0, 0.1) is 0 Å². The highest BCUT2D eigenvalue weighted by atomic mass is 16.5. The highest BCUT2D eigenvalue weighted by Gasteiger charge is 2.22. The number of piperazine rings is 1. The molecule has 29 heavy (non-hydrogen) atoms. The van der Waals surface area contributed by atoms with Crippen LogP contribution in [0.3, 0.4) is 0 Å². The second-order valence-electron chi connectivity index (χ2n) is 6.69. The smallest absolute Gasteiger partial charge is 0.219 e. The van der Waals surface area contributed by atoms with Crippen LogP contribution in [0.15, 0.2) is 18.5 Å². The normalized spacial score (nSPS) is 14.3. The van der Waals surface area contributed by atoms with Crippen molar-refractivity contribution in [1.82, 2.24) is 14.9 Å². The van der Waals surface area contributed by atoms with Gasteiger partial charge in [0.2, 0.25) is 5.91 Å². The van der Waals surface area contributed by atoms with Gasteiger partial charge in [-0.15, -0.1) is 0 Å². The number of rotatable bonds is 9. The molecule has 0 aliphatic carbocycles. The SMILES string of the molecule is COCCOc1cc2ncnc(N3CCN(C(C)=O)CC3)c2cc1OCCOC. The number of carbonyl (C=O) groups is 1. The molecule has 1 aromatic carbocycles. The first-order valence-corrected chi connectivity index (χ1v) is 9.66. The molecule has 1 amide bonds. The lowest BCUT2D eigenvalue weighted by Gasteiger charge is -2.35. The van der Waals surface area contributed by atoms with E-state index in [1.54, 1.807) is 27.5 Å². The summed E-state index contributed by atoms with van der Waals surface area (Å²) in [5, 5.41) is 0.885. The van der Waals surface area contributed by atoms with Crippen LogP contribution in [0.5, 0.6) is 11.5 Å². The van der Waals surface area contributed by atoms with Crippen LogP contribution in [0.4, 0.5) is 5.82 Å². The molecule has 0 radical (unpaired) electrons. The minimum absolute atomic E-state index is 0.101. The van der Waals surface area contributed by atoms with Crippen molar-refractivity contribution >= 4 is 22.6 Å². The summed E-state index contributed by atoms with van der Waals surface area (Å²) < 4.78 is 21.9. The largest absolute Gasteiger partial charge is 0.487 e. The molecule has 1 saturated heterocycles. The molecule has 1 aliphatic heterocycles. The van der Waals surface area contributed by atoms with Crippen molar-refractivity contribution in [3.8, 4) is 11.5 Å². The summed E-state index contributed by atoms with van der Waals surface area (Å²) in [6.07, 6.45) is 1.55. The van der Waals surface area contributed by atoms with Gasteiger partial charge in [0.25, 0.3) is 0 Å². The molecular weight excluding hydrogens is 376 g/mol. The zero-order valence-electron chi connectivity index (χ0n) is 17.2. The van der Waals surface area contributed by atoms with Crippen molar-refractivity contribution < 1.29 is 23.7 Å². The summed E-state index contributed by atoms with van der Waals surface area (Å²) in [7, 11) is 3.26. The number of amides is 1. The molecule has 1 aliphatic rings. The highest BCUT2D eigenvalue weighted by Crippen LogP contribution is 2.35. The van der Waals surface area contributed by atoms with E-state index >= 15 is 0 Å². The Morgan fingerprint density at radius 2 is 1.55 bits per heavy atom. The maximum atomic E-state index is 11.6. The van der Waals surface area contributed by atoms with Crippen LogP contribution in [0.2, 0.25) is 0 Å². The van der Waals surface area contributed by atoms with Crippen molar-refractivity contribution in [2.75, 3.05) is 71.7 Å². The Balaban J connectivity index is 1.89. The van der Waals surface area contributed by atoms with Crippen molar-refractivity contribution in [1.29, 1.82) is 0 Å². The number of benzene rings is 1. The fourth-order valence-electron chi connectivity index (χ4n) is 3.23. The second kappa shape index (κ2) is 10.2. The van der Waals surface area contributed by atoms with E-state index in [-0.39, 0.29) is 5.91 Å². The summed E-state index contributed by atoms with van der Waals surface area (Å²) in [6, 6.07) is 3.78. The molecule has 0 atom stereocenters. The molecule has 2 heterocycles. The Hall–Kier alpha value is -2.65. The average molecular weight is 404 g/mol. The molecule has 0 spiro atoms. The monoisotopic (exact) mass is 404 g/mol. The van der Waals surface area contributed by atoms with E-state index in [0.717, 1.165) is 29.8 Å². The van der Waals surface area contributed by atoms with E-state index in [9.17, 15) is 4.79 Å². The van der Waals surface area contributed by atoms with Gasteiger partial charge in [-0.2, -0.15) is 0 Å². The van der Waals surface area contributed by atoms with Gasteiger partial charge >= 0.3 is 0 Å². The predicted octanol–water partition coefficient (Wildman–Crippen LogP) is 1.35. The Morgan fingerprint density at radius 1 is 0.931 bits per heavy atom. The first kappa shape index (κ1) is 21.1. The maximum Gasteiger partial charge on any atom is 0.219 e. The molecule has 1 fully saturated rings. The zero-order chi connectivity index (χ0) is 20.6. The first-order valence-electron chi connectivity index (χ1n) is 9.66. The lowest BCUT2D eigenvalue weighted by atomic mass is 10.2. The van der Waals surface area contributed by atoms with Crippen LogP contribution < -0.4 is 14.4 Å². The van der Waals surface area contributed by atoms with Crippen molar-refractivity contribution in [2.45, 2.75) is 6.92 Å². The molecule has 1 aromatic heterocycles. The minimum atomic E-state index is 0.101. The number of nitrogens with zero attached hydrogens (tertiary/aromatic N) is 4. The van der Waals surface area contributed by atoms with Gasteiger partial charge in [-0.3, -0.25) is 4.79 Å². The van der Waals surface area contributed by atoms with Crippen LogP contribution >= 0.6 is 0 Å². The van der Waals surface area contributed by atoms with E-state index in [2.05, 4.69) is 14.9 Å². The third-order valence-electron chi connectivity index (χ3n) is 4.79. The number of methoxy groups -OCH3 is 2. The van der Waals surface area contributed by atoms with Gasteiger partial charge in [0.15, 0.2) is 11.5 Å². The van der Waals surface area contributed by atoms with Gasteiger partial charge < -0.3 is 28.7 Å². The van der Waals surface area contributed by atoms with E-state index in [1.807, 2.05) is 17.0 Å². The lowest BCUT2D eigenvalue weighted by Crippen LogP contribution is -2.48. The quantitative estimate of drug-likeness (QED) is 0.579. The summed E-state index contributed by atoms with van der Waals surface area (Å²) in [6.45, 7) is 6.16. The molecule has 0 unspecified atom stereocenters. The lowest BCUT2D eigenvalue weighted by molar-refractivity contribution is -0.129. The molecule has 9 nitrogen and oxygen atoms in total. The Bertz CT molecular complexity index is 824. The Morgan fingerprint density at radius 3 is 2.14 bits per heavy atom. The maximum absolute atomic E-state index is 11.6. The molecule has 158 valence electrons. The fourth-order valence-corrected chi connectivity index (χ4v) is 3.23. The predicted molar refractivity (Wildman–Crippen MR) is 109 cm³/mol. The van der Waals surface area contributed by atoms with Gasteiger partial charge in [0, 0.05) is 58.8 Å². The van der Waals surface area contributed by atoms with Gasteiger partial charge in [-0.1, -0.05) is 0 Å². The second-order valence-corrected chi connectivity index (χ2v) is 6.69. The van der Waals surface area contributed by atoms with E-state index in [0.29, 0.717) is 51.0 Å². The Kier molecular flexibility index (Phi) is 7.42. The van der Waals surface area contributed by atoms with Gasteiger partial charge in [0.1, 0.15) is 25.4 Å². The van der Waals surface area contributed by atoms with Crippen LogP contribution in [0.25, 0.3) is 10.9 Å². The number of hydrogen-bond donors (Lipinski definition) is 0. The number of aromatic nitrogens is 2. The van der Waals surface area contributed by atoms with Gasteiger partial charge in [-0.05, 0) is 6.07 Å². The van der Waals surface area contributed by atoms with Crippen LogP contribution in [-0.4, -0.2) is 87.6 Å². The first-order chi connectivity index (χ1) is 14.1. The fraction of sp³-hybridized carbons (Fsp3) is 0.550. The standard InChI is InChI=1S/C20H28N4O5/c1-15(25)23-4-6-24(7-5-23)20-16-12-18(28-10-8-26-2)19(29-11-9-27-3)13-17(16)21-14-22-20/h12-14H,4-11H2,1-3H3. The van der Waals surface area contributed by atoms with Crippen molar-refractivity contribution in [2.24, 2.45) is 0 Å². The third-order valence-corrected chi connectivity index (χ3v) is 4.79. The van der Waals surface area contributed by atoms with Crippen LogP contribution in [-0.2, 0) is 14.3 Å². The van der Waals surface area contributed by atoms with E-state index in [4.69, 9.17) is 18.9 Å². The third kappa shape index (κ3) is 5.24. The van der Waals surface area contributed by atoms with Crippen molar-refractivity contribution in [3.63, 3.8) is 0 Å². The van der Waals surface area contributed by atoms with Crippen LogP contribution in [0.1, 0.15) is 6.92 Å². The molecule has 3 rings (SSSR count). The average Bonchev–Trinajstić information content (AvgIpc) is 2.74. The number of carbonyl (C=O) groups excluding carboxylic acids is 1. The van der Waals surface area contributed by atoms with Gasteiger partial charge in [-0.25, -0.2) is 9.97 Å². The van der Waals surface area contributed by atoms with Crippen molar-refractivity contribution in [3.05, 3.63) is 18.5 Å². The number of fused-ring (bicyclic) bond motifs is 1. The summed E-state index contributed by atoms with van der Waals surface area (Å²) in [5.74, 6) is 2.16. The van der Waals surface area contributed by atoms with E-state index in [1.165, 1.54) is 0 Å². The number of hydrogen-bond acceptors (Lipinski definition) is 8.